The van der Waals surface area contributed by atoms with Gasteiger partial charge in [-0.25, -0.2) is 4.98 Å². The van der Waals surface area contributed by atoms with Crippen LogP contribution in [0.3, 0.4) is 0 Å². The van der Waals surface area contributed by atoms with Crippen molar-refractivity contribution >= 4 is 11.6 Å². The van der Waals surface area contributed by atoms with Gasteiger partial charge in [0.25, 0.3) is 0 Å². The molecule has 0 amide bonds. The number of ketones is 1. The molecule has 0 aliphatic heterocycles. The number of hydrogen-bond acceptors (Lipinski definition) is 6. The lowest BCUT2D eigenvalue weighted by atomic mass is 10.0. The maximum absolute atomic E-state index is 11.6. The zero-order chi connectivity index (χ0) is 20.8. The molecule has 1 N–H and O–H groups in total. The van der Waals surface area contributed by atoms with Crippen LogP contribution in [0.15, 0.2) is 54.7 Å². The summed E-state index contributed by atoms with van der Waals surface area (Å²) in [7, 11) is 4.77. The quantitative estimate of drug-likeness (QED) is 0.566. The zero-order valence-electron chi connectivity index (χ0n) is 17.0. The molecule has 0 fully saturated rings. The Morgan fingerprint density at radius 3 is 2.21 bits per heavy atom. The molecule has 6 heteroatoms. The van der Waals surface area contributed by atoms with Gasteiger partial charge in [0.15, 0.2) is 17.3 Å². The van der Waals surface area contributed by atoms with Gasteiger partial charge in [-0.05, 0) is 48.4 Å². The van der Waals surface area contributed by atoms with Crippen LogP contribution in [0.2, 0.25) is 0 Å². The van der Waals surface area contributed by atoms with E-state index in [1.807, 2.05) is 48.5 Å². The number of hydrogen-bond donors (Lipinski definition) is 1. The molecule has 0 saturated carbocycles. The topological polar surface area (TPSA) is 69.7 Å². The lowest BCUT2D eigenvalue weighted by Gasteiger charge is -2.14. The minimum atomic E-state index is 0.0449. The summed E-state index contributed by atoms with van der Waals surface area (Å²) in [4.78, 5) is 16.1. The Morgan fingerprint density at radius 1 is 0.931 bits per heavy atom. The Kier molecular flexibility index (Phi) is 6.34. The number of benzene rings is 2. The molecule has 1 heterocycles. The first kappa shape index (κ1) is 20.2. The van der Waals surface area contributed by atoms with E-state index in [1.165, 1.54) is 0 Å². The molecule has 1 aromatic heterocycles. The van der Waals surface area contributed by atoms with Crippen molar-refractivity contribution in [1.82, 2.24) is 4.98 Å². The van der Waals surface area contributed by atoms with Crippen LogP contribution in [0.25, 0.3) is 11.1 Å². The highest BCUT2D eigenvalue weighted by Crippen LogP contribution is 2.38. The van der Waals surface area contributed by atoms with Crippen LogP contribution >= 0.6 is 0 Å². The second kappa shape index (κ2) is 9.10. The number of carbonyl (C=O) groups excluding carboxylic acids is 1. The molecule has 2 aromatic carbocycles. The maximum atomic E-state index is 11.6. The molecule has 0 saturated heterocycles. The smallest absolute Gasteiger partial charge is 0.203 e. The molecule has 0 unspecified atom stereocenters. The van der Waals surface area contributed by atoms with Gasteiger partial charge in [0.2, 0.25) is 5.75 Å². The Bertz CT molecular complexity index is 975. The minimum Gasteiger partial charge on any atom is -0.493 e. The Morgan fingerprint density at radius 2 is 1.66 bits per heavy atom. The molecule has 0 aliphatic rings. The zero-order valence-corrected chi connectivity index (χ0v) is 17.0. The normalized spacial score (nSPS) is 10.3. The van der Waals surface area contributed by atoms with Crippen LogP contribution in [-0.2, 0) is 6.54 Å². The van der Waals surface area contributed by atoms with Crippen molar-refractivity contribution in [3.8, 4) is 28.4 Å². The first-order valence-electron chi connectivity index (χ1n) is 9.16. The van der Waals surface area contributed by atoms with Crippen molar-refractivity contribution in [3.05, 3.63) is 65.9 Å². The molecule has 0 radical (unpaired) electrons. The standard InChI is InChI=1S/C23H24N2O4/c1-15(26)17-6-5-7-18(12-17)19-8-9-22(25-14-19)24-13-16-10-20(27-2)23(29-4)21(11-16)28-3/h5-12,14H,13H2,1-4H3,(H,24,25). The molecule has 3 rings (SSSR count). The fourth-order valence-corrected chi connectivity index (χ4v) is 3.02. The summed E-state index contributed by atoms with van der Waals surface area (Å²) < 4.78 is 16.1. The first-order valence-corrected chi connectivity index (χ1v) is 9.16. The minimum absolute atomic E-state index is 0.0449. The van der Waals surface area contributed by atoms with Crippen molar-refractivity contribution in [1.29, 1.82) is 0 Å². The van der Waals surface area contributed by atoms with E-state index in [0.717, 1.165) is 22.5 Å². The summed E-state index contributed by atoms with van der Waals surface area (Å²) in [5.41, 5.74) is 3.57. The van der Waals surface area contributed by atoms with Crippen molar-refractivity contribution in [2.24, 2.45) is 0 Å². The lowest BCUT2D eigenvalue weighted by Crippen LogP contribution is -2.03. The van der Waals surface area contributed by atoms with E-state index in [2.05, 4.69) is 10.3 Å². The molecular weight excluding hydrogens is 368 g/mol. The summed E-state index contributed by atoms with van der Waals surface area (Å²) >= 11 is 0. The van der Waals surface area contributed by atoms with Crippen molar-refractivity contribution in [2.75, 3.05) is 26.6 Å². The third kappa shape index (κ3) is 4.66. The molecular formula is C23H24N2O4. The fraction of sp³-hybridized carbons (Fsp3) is 0.217. The van der Waals surface area contributed by atoms with Gasteiger partial charge in [0.1, 0.15) is 5.82 Å². The highest BCUT2D eigenvalue weighted by atomic mass is 16.5. The highest BCUT2D eigenvalue weighted by molar-refractivity contribution is 5.95. The van der Waals surface area contributed by atoms with Gasteiger partial charge in [0, 0.05) is 23.9 Å². The molecule has 29 heavy (non-hydrogen) atoms. The largest absolute Gasteiger partial charge is 0.493 e. The summed E-state index contributed by atoms with van der Waals surface area (Å²) in [6, 6.07) is 15.2. The first-order chi connectivity index (χ1) is 14.0. The van der Waals surface area contributed by atoms with Gasteiger partial charge in [-0.3, -0.25) is 4.79 Å². The van der Waals surface area contributed by atoms with E-state index in [4.69, 9.17) is 14.2 Å². The summed E-state index contributed by atoms with van der Waals surface area (Å²) in [5, 5.41) is 3.29. The highest BCUT2D eigenvalue weighted by Gasteiger charge is 2.13. The van der Waals surface area contributed by atoms with E-state index >= 15 is 0 Å². The van der Waals surface area contributed by atoms with Gasteiger partial charge in [-0.2, -0.15) is 0 Å². The van der Waals surface area contributed by atoms with E-state index in [9.17, 15) is 4.79 Å². The van der Waals surface area contributed by atoms with Gasteiger partial charge in [0.05, 0.1) is 21.3 Å². The number of pyridine rings is 1. The lowest BCUT2D eigenvalue weighted by molar-refractivity contribution is 0.101. The van der Waals surface area contributed by atoms with Gasteiger partial charge < -0.3 is 19.5 Å². The Labute approximate surface area is 170 Å². The third-order valence-corrected chi connectivity index (χ3v) is 4.56. The van der Waals surface area contributed by atoms with Crippen molar-refractivity contribution in [3.63, 3.8) is 0 Å². The van der Waals surface area contributed by atoms with E-state index < -0.39 is 0 Å². The predicted octanol–water partition coefficient (Wildman–Crippen LogP) is 4.59. The molecule has 0 aliphatic carbocycles. The molecule has 3 aromatic rings. The van der Waals surface area contributed by atoms with Gasteiger partial charge in [-0.1, -0.05) is 18.2 Å². The SMILES string of the molecule is COc1cc(CNc2ccc(-c3cccc(C(C)=O)c3)cn2)cc(OC)c1OC. The molecule has 6 nitrogen and oxygen atoms in total. The molecule has 150 valence electrons. The second-order valence-corrected chi connectivity index (χ2v) is 6.46. The number of methoxy groups -OCH3 is 3. The average Bonchev–Trinajstić information content (AvgIpc) is 2.77. The number of carbonyl (C=O) groups is 1. The average molecular weight is 392 g/mol. The van der Waals surface area contributed by atoms with Crippen molar-refractivity contribution in [2.45, 2.75) is 13.5 Å². The third-order valence-electron chi connectivity index (χ3n) is 4.56. The molecule has 0 bridgehead atoms. The van der Waals surface area contributed by atoms with Gasteiger partial charge in [-0.15, -0.1) is 0 Å². The fourth-order valence-electron chi connectivity index (χ4n) is 3.02. The number of Topliss-reactive ketones (excluding diaryl/α,β-unsaturated/α-hetero) is 1. The van der Waals surface area contributed by atoms with E-state index in [-0.39, 0.29) is 5.78 Å². The van der Waals surface area contributed by atoms with Crippen LogP contribution < -0.4 is 19.5 Å². The van der Waals surface area contributed by atoms with E-state index in [0.29, 0.717) is 29.4 Å². The Balaban J connectivity index is 1.74. The van der Waals surface area contributed by atoms with E-state index in [1.54, 1.807) is 34.4 Å². The number of aromatic nitrogens is 1. The Hall–Kier alpha value is -3.54. The monoisotopic (exact) mass is 392 g/mol. The maximum Gasteiger partial charge on any atom is 0.203 e. The summed E-state index contributed by atoms with van der Waals surface area (Å²) in [5.74, 6) is 2.57. The predicted molar refractivity (Wildman–Crippen MR) is 113 cm³/mol. The van der Waals surface area contributed by atoms with Crippen LogP contribution in [0.5, 0.6) is 17.2 Å². The van der Waals surface area contributed by atoms with Gasteiger partial charge >= 0.3 is 0 Å². The second-order valence-electron chi connectivity index (χ2n) is 6.46. The number of nitrogens with one attached hydrogen (secondary N) is 1. The summed E-state index contributed by atoms with van der Waals surface area (Å²) in [6.45, 7) is 2.11. The number of rotatable bonds is 8. The molecule has 0 atom stereocenters. The van der Waals surface area contributed by atoms with Crippen LogP contribution in [0.1, 0.15) is 22.8 Å². The van der Waals surface area contributed by atoms with Crippen molar-refractivity contribution < 1.29 is 19.0 Å². The van der Waals surface area contributed by atoms with Crippen LogP contribution in [0.4, 0.5) is 5.82 Å². The van der Waals surface area contributed by atoms with Crippen LogP contribution in [0, 0.1) is 0 Å². The number of nitrogens with zero attached hydrogens (tertiary/aromatic N) is 1. The summed E-state index contributed by atoms with van der Waals surface area (Å²) in [6.07, 6.45) is 1.79. The van der Waals surface area contributed by atoms with Crippen LogP contribution in [-0.4, -0.2) is 32.1 Å². The molecule has 0 spiro atoms. The number of anilines is 1. The number of ether oxygens (including phenoxy) is 3.